The SMILES string of the molecule is CC(C#N)C(Br)CBr. The fraction of sp³-hybridized carbons (Fsp3) is 0.800. The van der Waals surface area contributed by atoms with Gasteiger partial charge in [0.2, 0.25) is 0 Å². The molecule has 0 amide bonds. The van der Waals surface area contributed by atoms with Gasteiger partial charge < -0.3 is 0 Å². The van der Waals surface area contributed by atoms with Crippen molar-refractivity contribution in [2.45, 2.75) is 11.8 Å². The van der Waals surface area contributed by atoms with Gasteiger partial charge in [-0.15, -0.1) is 0 Å². The van der Waals surface area contributed by atoms with Crippen molar-refractivity contribution in [3.63, 3.8) is 0 Å². The molecule has 0 fully saturated rings. The average molecular weight is 241 g/mol. The molecule has 0 N–H and O–H groups in total. The molecule has 8 heavy (non-hydrogen) atoms. The number of hydrogen-bond acceptors (Lipinski definition) is 1. The Morgan fingerprint density at radius 1 is 1.75 bits per heavy atom. The van der Waals surface area contributed by atoms with Crippen LogP contribution in [0.5, 0.6) is 0 Å². The minimum Gasteiger partial charge on any atom is -0.198 e. The number of hydrogen-bond donors (Lipinski definition) is 0. The Morgan fingerprint density at radius 3 is 2.38 bits per heavy atom. The molecular formula is C5H7Br2N. The van der Waals surface area contributed by atoms with Crippen LogP contribution in [0.3, 0.4) is 0 Å². The molecule has 0 rings (SSSR count). The van der Waals surface area contributed by atoms with Crippen LogP contribution in [0, 0.1) is 17.2 Å². The van der Waals surface area contributed by atoms with E-state index in [1.165, 1.54) is 0 Å². The molecule has 0 aliphatic heterocycles. The Labute approximate surface area is 66.3 Å². The van der Waals surface area contributed by atoms with Crippen LogP contribution < -0.4 is 0 Å². The second kappa shape index (κ2) is 4.34. The zero-order valence-corrected chi connectivity index (χ0v) is 7.74. The highest BCUT2D eigenvalue weighted by Gasteiger charge is 2.09. The number of halogens is 2. The molecule has 0 heterocycles. The van der Waals surface area contributed by atoms with Crippen molar-refractivity contribution in [3.05, 3.63) is 0 Å². The van der Waals surface area contributed by atoms with Crippen LogP contribution in [-0.2, 0) is 0 Å². The highest BCUT2D eigenvalue weighted by Crippen LogP contribution is 2.13. The molecule has 0 saturated carbocycles. The standard InChI is InChI=1S/C5H7Br2N/c1-4(3-8)5(7)2-6/h4-5H,2H2,1H3. The van der Waals surface area contributed by atoms with Crippen LogP contribution in [0.4, 0.5) is 0 Å². The van der Waals surface area contributed by atoms with Gasteiger partial charge in [-0.25, -0.2) is 0 Å². The van der Waals surface area contributed by atoms with Gasteiger partial charge in [0, 0.05) is 10.2 Å². The Hall–Kier alpha value is 0.450. The van der Waals surface area contributed by atoms with Crippen molar-refractivity contribution >= 4 is 31.9 Å². The first-order valence-corrected chi connectivity index (χ1v) is 4.35. The van der Waals surface area contributed by atoms with Gasteiger partial charge in [0.25, 0.3) is 0 Å². The summed E-state index contributed by atoms with van der Waals surface area (Å²) in [5.74, 6) is 0.0920. The molecule has 0 spiro atoms. The second-order valence-corrected chi connectivity index (χ2v) is 3.41. The predicted molar refractivity (Wildman–Crippen MR) is 41.3 cm³/mol. The highest BCUT2D eigenvalue weighted by molar-refractivity contribution is 9.12. The molecule has 2 atom stereocenters. The van der Waals surface area contributed by atoms with Crippen molar-refractivity contribution in [3.8, 4) is 6.07 Å². The van der Waals surface area contributed by atoms with Gasteiger partial charge in [0.15, 0.2) is 0 Å². The summed E-state index contributed by atoms with van der Waals surface area (Å²) in [6.45, 7) is 1.89. The van der Waals surface area contributed by atoms with E-state index in [0.29, 0.717) is 0 Å². The Bertz CT molecular complexity index is 97.1. The van der Waals surface area contributed by atoms with Crippen molar-refractivity contribution in [1.82, 2.24) is 0 Å². The predicted octanol–water partition coefficient (Wildman–Crippen LogP) is 2.30. The summed E-state index contributed by atoms with van der Waals surface area (Å²) in [6, 6.07) is 2.14. The lowest BCUT2D eigenvalue weighted by Crippen LogP contribution is -2.09. The molecule has 0 aromatic rings. The highest BCUT2D eigenvalue weighted by atomic mass is 79.9. The quantitative estimate of drug-likeness (QED) is 0.680. The summed E-state index contributed by atoms with van der Waals surface area (Å²) >= 11 is 6.59. The van der Waals surface area contributed by atoms with E-state index in [1.807, 2.05) is 6.92 Å². The van der Waals surface area contributed by atoms with Crippen molar-refractivity contribution in [2.75, 3.05) is 5.33 Å². The Kier molecular flexibility index (Phi) is 4.58. The van der Waals surface area contributed by atoms with Crippen molar-refractivity contribution in [1.29, 1.82) is 5.26 Å². The first-order valence-electron chi connectivity index (χ1n) is 2.32. The van der Waals surface area contributed by atoms with Gasteiger partial charge in [-0.2, -0.15) is 5.26 Å². The molecule has 0 radical (unpaired) electrons. The third-order valence-corrected chi connectivity index (χ3v) is 3.58. The van der Waals surface area contributed by atoms with Crippen LogP contribution >= 0.6 is 31.9 Å². The van der Waals surface area contributed by atoms with Gasteiger partial charge in [-0.3, -0.25) is 0 Å². The lowest BCUT2D eigenvalue weighted by molar-refractivity contribution is 0.752. The normalized spacial score (nSPS) is 16.8. The summed E-state index contributed by atoms with van der Waals surface area (Å²) in [7, 11) is 0. The fourth-order valence-corrected chi connectivity index (χ4v) is 0.893. The molecular weight excluding hydrogens is 234 g/mol. The van der Waals surface area contributed by atoms with Gasteiger partial charge >= 0.3 is 0 Å². The molecule has 0 aromatic carbocycles. The van der Waals surface area contributed by atoms with E-state index in [-0.39, 0.29) is 10.7 Å². The largest absolute Gasteiger partial charge is 0.198 e. The van der Waals surface area contributed by atoms with E-state index in [1.54, 1.807) is 0 Å². The summed E-state index contributed by atoms with van der Waals surface area (Å²) in [5.41, 5.74) is 0. The summed E-state index contributed by atoms with van der Waals surface area (Å²) in [6.07, 6.45) is 0. The van der Waals surface area contributed by atoms with Gasteiger partial charge in [0.1, 0.15) is 0 Å². The maximum Gasteiger partial charge on any atom is 0.0664 e. The summed E-state index contributed by atoms with van der Waals surface area (Å²) in [4.78, 5) is 0.285. The number of rotatable bonds is 2. The second-order valence-electron chi connectivity index (χ2n) is 1.59. The van der Waals surface area contributed by atoms with Crippen molar-refractivity contribution in [2.24, 2.45) is 5.92 Å². The zero-order valence-electron chi connectivity index (χ0n) is 4.56. The van der Waals surface area contributed by atoms with Crippen LogP contribution in [0.1, 0.15) is 6.92 Å². The van der Waals surface area contributed by atoms with Gasteiger partial charge in [-0.1, -0.05) is 31.9 Å². The van der Waals surface area contributed by atoms with Crippen LogP contribution in [0.25, 0.3) is 0 Å². The fourth-order valence-electron chi connectivity index (χ4n) is 0.215. The number of alkyl halides is 2. The molecule has 2 unspecified atom stereocenters. The van der Waals surface area contributed by atoms with Crippen molar-refractivity contribution < 1.29 is 0 Å². The lowest BCUT2D eigenvalue weighted by Gasteiger charge is -2.04. The van der Waals surface area contributed by atoms with Crippen LogP contribution in [0.15, 0.2) is 0 Å². The molecule has 3 heteroatoms. The van der Waals surface area contributed by atoms with E-state index in [9.17, 15) is 0 Å². The molecule has 0 bridgehead atoms. The van der Waals surface area contributed by atoms with Gasteiger partial charge in [-0.05, 0) is 6.92 Å². The average Bonchev–Trinajstić information content (AvgIpc) is 1.84. The van der Waals surface area contributed by atoms with E-state index in [2.05, 4.69) is 37.9 Å². The van der Waals surface area contributed by atoms with E-state index < -0.39 is 0 Å². The smallest absolute Gasteiger partial charge is 0.0664 e. The summed E-state index contributed by atoms with van der Waals surface area (Å²) in [5, 5.41) is 9.17. The topological polar surface area (TPSA) is 23.8 Å². The third-order valence-electron chi connectivity index (χ3n) is 0.894. The van der Waals surface area contributed by atoms with E-state index >= 15 is 0 Å². The Morgan fingerprint density at radius 2 is 2.25 bits per heavy atom. The molecule has 1 nitrogen and oxygen atoms in total. The molecule has 0 aromatic heterocycles. The van der Waals surface area contributed by atoms with E-state index in [4.69, 9.17) is 5.26 Å². The molecule has 46 valence electrons. The first kappa shape index (κ1) is 8.45. The number of nitriles is 1. The molecule has 0 aliphatic carbocycles. The molecule has 0 saturated heterocycles. The lowest BCUT2D eigenvalue weighted by atomic mass is 10.1. The van der Waals surface area contributed by atoms with Crippen LogP contribution in [0.2, 0.25) is 0 Å². The first-order chi connectivity index (χ1) is 3.72. The third kappa shape index (κ3) is 2.68. The Balaban J connectivity index is 3.49. The minimum absolute atomic E-state index is 0.0920. The zero-order chi connectivity index (χ0) is 6.57. The maximum absolute atomic E-state index is 8.34. The maximum atomic E-state index is 8.34. The minimum atomic E-state index is 0.0920. The monoisotopic (exact) mass is 239 g/mol. The van der Waals surface area contributed by atoms with E-state index in [0.717, 1.165) is 5.33 Å². The summed E-state index contributed by atoms with van der Waals surface area (Å²) < 4.78 is 0. The number of nitrogens with zero attached hydrogens (tertiary/aromatic N) is 1. The van der Waals surface area contributed by atoms with Crippen LogP contribution in [-0.4, -0.2) is 10.2 Å². The van der Waals surface area contributed by atoms with Gasteiger partial charge in [0.05, 0.1) is 12.0 Å². The molecule has 0 aliphatic rings.